The first kappa shape index (κ1) is 25.9. The number of para-hydroxylation sites is 1. The summed E-state index contributed by atoms with van der Waals surface area (Å²) in [5.41, 5.74) is 5.22. The van der Waals surface area contributed by atoms with Gasteiger partial charge in [0.25, 0.3) is 5.91 Å². The molecule has 1 amide bonds. The van der Waals surface area contributed by atoms with E-state index in [0.717, 1.165) is 31.3 Å². The van der Waals surface area contributed by atoms with Crippen LogP contribution in [0.3, 0.4) is 0 Å². The van der Waals surface area contributed by atoms with Crippen LogP contribution in [0.5, 0.6) is 17.2 Å². The molecule has 0 bridgehead atoms. The fraction of sp³-hybridized carbons (Fsp3) is 0.345. The number of nitrogens with zero attached hydrogens (tertiary/aromatic N) is 2. The highest BCUT2D eigenvalue weighted by atomic mass is 16.3. The highest BCUT2D eigenvalue weighted by Gasteiger charge is 2.33. The van der Waals surface area contributed by atoms with Crippen molar-refractivity contribution in [3.05, 3.63) is 70.8 Å². The number of benzene rings is 2. The molecule has 186 valence electrons. The molecule has 2 aromatic carbocycles. The van der Waals surface area contributed by atoms with Gasteiger partial charge in [-0.25, -0.2) is 0 Å². The topological polar surface area (TPSA) is 84.2 Å². The quantitative estimate of drug-likeness (QED) is 0.359. The summed E-state index contributed by atoms with van der Waals surface area (Å²) in [6.45, 7) is 8.70. The molecular weight excluding hydrogens is 440 g/mol. The number of carbonyl (C=O) groups is 1. The first-order chi connectivity index (χ1) is 16.6. The minimum atomic E-state index is -0.314. The molecule has 0 spiro atoms. The van der Waals surface area contributed by atoms with Crippen molar-refractivity contribution >= 4 is 23.0 Å². The van der Waals surface area contributed by atoms with Crippen molar-refractivity contribution in [3.63, 3.8) is 0 Å². The van der Waals surface area contributed by atoms with Crippen LogP contribution in [0.15, 0.2) is 65.3 Å². The van der Waals surface area contributed by atoms with Gasteiger partial charge in [-0.1, -0.05) is 41.0 Å². The van der Waals surface area contributed by atoms with Crippen LogP contribution < -0.4 is 9.80 Å². The first-order valence-electron chi connectivity index (χ1n) is 12.0. The van der Waals surface area contributed by atoms with Crippen molar-refractivity contribution in [2.24, 2.45) is 0 Å². The molecule has 35 heavy (non-hydrogen) atoms. The average Bonchev–Trinajstić information content (AvgIpc) is 2.86. The van der Waals surface area contributed by atoms with Crippen molar-refractivity contribution < 1.29 is 20.1 Å². The van der Waals surface area contributed by atoms with Crippen molar-refractivity contribution in [3.8, 4) is 17.2 Å². The van der Waals surface area contributed by atoms with E-state index in [2.05, 4.69) is 32.9 Å². The highest BCUT2D eigenvalue weighted by Crippen LogP contribution is 2.49. The highest BCUT2D eigenvalue weighted by molar-refractivity contribution is 6.15. The monoisotopic (exact) mass is 476 g/mol. The summed E-state index contributed by atoms with van der Waals surface area (Å²) in [7, 11) is 1.68. The van der Waals surface area contributed by atoms with Gasteiger partial charge in [0.1, 0.15) is 22.9 Å². The maximum atomic E-state index is 13.6. The van der Waals surface area contributed by atoms with Crippen molar-refractivity contribution in [1.29, 1.82) is 0 Å². The maximum absolute atomic E-state index is 13.6. The van der Waals surface area contributed by atoms with E-state index in [1.165, 1.54) is 34.2 Å². The van der Waals surface area contributed by atoms with Gasteiger partial charge in [0.05, 0.1) is 16.9 Å². The lowest BCUT2D eigenvalue weighted by atomic mass is 10.1. The number of hydrogen-bond acceptors (Lipinski definition) is 5. The Bertz CT molecular complexity index is 1190. The van der Waals surface area contributed by atoms with Gasteiger partial charge in [-0.2, -0.15) is 0 Å². The molecule has 0 saturated carbocycles. The van der Waals surface area contributed by atoms with Crippen LogP contribution in [0.4, 0.5) is 17.1 Å². The Kier molecular flexibility index (Phi) is 8.28. The molecule has 3 N–H and O–H groups in total. The predicted octanol–water partition coefficient (Wildman–Crippen LogP) is 6.95. The summed E-state index contributed by atoms with van der Waals surface area (Å²) < 4.78 is 0. The molecule has 0 aliphatic carbocycles. The van der Waals surface area contributed by atoms with E-state index in [9.17, 15) is 20.1 Å². The second-order valence-electron chi connectivity index (χ2n) is 9.44. The molecule has 6 nitrogen and oxygen atoms in total. The van der Waals surface area contributed by atoms with Crippen LogP contribution in [0.2, 0.25) is 0 Å². The van der Waals surface area contributed by atoms with Gasteiger partial charge in [0.2, 0.25) is 0 Å². The van der Waals surface area contributed by atoms with Crippen molar-refractivity contribution in [2.75, 3.05) is 23.4 Å². The van der Waals surface area contributed by atoms with Crippen LogP contribution in [-0.2, 0) is 0 Å². The Morgan fingerprint density at radius 2 is 1.51 bits per heavy atom. The van der Waals surface area contributed by atoms with Gasteiger partial charge in [0.15, 0.2) is 0 Å². The number of amides is 1. The van der Waals surface area contributed by atoms with E-state index in [-0.39, 0.29) is 29.7 Å². The zero-order valence-corrected chi connectivity index (χ0v) is 21.3. The number of allylic oxidation sites excluding steroid dienone is 5. The Morgan fingerprint density at radius 1 is 0.857 bits per heavy atom. The molecule has 0 aromatic heterocycles. The van der Waals surface area contributed by atoms with E-state index in [1.54, 1.807) is 24.1 Å². The Labute approximate surface area is 208 Å². The first-order valence-corrected chi connectivity index (χ1v) is 12.0. The molecule has 0 saturated heterocycles. The number of phenolic OH excluding ortho intramolecular Hbond substituents is 3. The lowest BCUT2D eigenvalue weighted by Gasteiger charge is -2.25. The molecule has 0 fully saturated rings. The van der Waals surface area contributed by atoms with Gasteiger partial charge in [0, 0.05) is 25.7 Å². The molecule has 6 heteroatoms. The minimum Gasteiger partial charge on any atom is -0.508 e. The molecule has 1 heterocycles. The summed E-state index contributed by atoms with van der Waals surface area (Å²) >= 11 is 0. The van der Waals surface area contributed by atoms with E-state index in [0.29, 0.717) is 22.6 Å². The molecule has 0 radical (unpaired) electrons. The minimum absolute atomic E-state index is 0.0582. The van der Waals surface area contributed by atoms with Crippen molar-refractivity contribution in [1.82, 2.24) is 0 Å². The summed E-state index contributed by atoms with van der Waals surface area (Å²) in [5.74, 6) is -0.689. The summed E-state index contributed by atoms with van der Waals surface area (Å²) in [6.07, 6.45) is 10.4. The molecule has 1 aliphatic heterocycles. The maximum Gasteiger partial charge on any atom is 0.260 e. The van der Waals surface area contributed by atoms with Gasteiger partial charge in [-0.15, -0.1) is 0 Å². The third-order valence-corrected chi connectivity index (χ3v) is 6.25. The average molecular weight is 477 g/mol. The smallest absolute Gasteiger partial charge is 0.260 e. The third kappa shape index (κ3) is 6.07. The molecule has 3 rings (SSSR count). The lowest BCUT2D eigenvalue weighted by molar-refractivity contribution is 0.0990. The van der Waals surface area contributed by atoms with E-state index in [4.69, 9.17) is 0 Å². The van der Waals surface area contributed by atoms with Gasteiger partial charge < -0.3 is 25.1 Å². The fourth-order valence-electron chi connectivity index (χ4n) is 4.33. The van der Waals surface area contributed by atoms with Crippen LogP contribution in [0, 0.1) is 0 Å². The Balaban J connectivity index is 1.85. The van der Waals surface area contributed by atoms with E-state index >= 15 is 0 Å². The predicted molar refractivity (Wildman–Crippen MR) is 143 cm³/mol. The Hall–Kier alpha value is -3.67. The molecule has 1 aliphatic rings. The van der Waals surface area contributed by atoms with Gasteiger partial charge in [-0.3, -0.25) is 4.79 Å². The van der Waals surface area contributed by atoms with Crippen LogP contribution in [-0.4, -0.2) is 34.8 Å². The van der Waals surface area contributed by atoms with Crippen LogP contribution in [0.25, 0.3) is 0 Å². The second kappa shape index (κ2) is 11.2. The SMILES string of the molecule is CC(C)=CCC/C(C)=C/CC/C(C)=C/CN1C(=O)c2cccc(O)c2N(C)c2c(O)cc(O)cc21. The summed E-state index contributed by atoms with van der Waals surface area (Å²) in [5, 5.41) is 31.3. The third-order valence-electron chi connectivity index (χ3n) is 6.25. The second-order valence-corrected chi connectivity index (χ2v) is 9.44. The van der Waals surface area contributed by atoms with Gasteiger partial charge >= 0.3 is 0 Å². The fourth-order valence-corrected chi connectivity index (χ4v) is 4.33. The summed E-state index contributed by atoms with van der Waals surface area (Å²) in [4.78, 5) is 16.7. The zero-order chi connectivity index (χ0) is 25.7. The number of phenols is 3. The number of fused-ring (bicyclic) bond motifs is 2. The number of rotatable bonds is 8. The largest absolute Gasteiger partial charge is 0.508 e. The lowest BCUT2D eigenvalue weighted by Crippen LogP contribution is -2.30. The van der Waals surface area contributed by atoms with Gasteiger partial charge in [-0.05, 0) is 65.5 Å². The number of carbonyl (C=O) groups excluding carboxylic acids is 1. The molecule has 0 atom stereocenters. The standard InChI is InChI=1S/C29H36N2O4/c1-19(2)9-6-10-20(3)11-7-12-21(4)15-16-31-24-17-22(32)18-26(34)28(24)30(5)27-23(29(31)35)13-8-14-25(27)33/h8-9,11,13-15,17-18,32-34H,6-7,10,12,16H2,1-5H3/b20-11+,21-15+. The molecule has 0 unspecified atom stereocenters. The van der Waals surface area contributed by atoms with Crippen LogP contribution in [0.1, 0.15) is 63.7 Å². The number of aromatic hydroxyl groups is 3. The Morgan fingerprint density at radius 3 is 2.20 bits per heavy atom. The molecular formula is C29H36N2O4. The number of hydrogen-bond donors (Lipinski definition) is 3. The normalized spacial score (nSPS) is 13.9. The van der Waals surface area contributed by atoms with Crippen molar-refractivity contribution in [2.45, 2.75) is 53.4 Å². The molecule has 2 aromatic rings. The number of anilines is 3. The zero-order valence-electron chi connectivity index (χ0n) is 21.3. The van der Waals surface area contributed by atoms with Crippen LogP contribution >= 0.6 is 0 Å². The van der Waals surface area contributed by atoms with E-state index < -0.39 is 0 Å². The summed E-state index contributed by atoms with van der Waals surface area (Å²) in [6, 6.07) is 7.49. The van der Waals surface area contributed by atoms with E-state index in [1.807, 2.05) is 13.0 Å².